The Kier molecular flexibility index (Phi) is 5.88. The predicted octanol–water partition coefficient (Wildman–Crippen LogP) is 4.72. The van der Waals surface area contributed by atoms with Crippen LogP contribution in [0.1, 0.15) is 5.56 Å². The molecule has 0 radical (unpaired) electrons. The predicted molar refractivity (Wildman–Crippen MR) is 102 cm³/mol. The van der Waals surface area contributed by atoms with Gasteiger partial charge in [0, 0.05) is 37.6 Å². The minimum atomic E-state index is -4.58. The van der Waals surface area contributed by atoms with Crippen molar-refractivity contribution in [1.29, 1.82) is 0 Å². The summed E-state index contributed by atoms with van der Waals surface area (Å²) in [5.74, 6) is 0.767. The molecule has 0 unspecified atom stereocenters. The van der Waals surface area contributed by atoms with Crippen molar-refractivity contribution in [1.82, 2.24) is 4.90 Å². The van der Waals surface area contributed by atoms with Gasteiger partial charge in [0.1, 0.15) is 5.75 Å². The Balaban J connectivity index is 1.59. The number of methoxy groups -OCH3 is 1. The average molecular weight is 414 g/mol. The highest BCUT2D eigenvalue weighted by Gasteiger charge is 2.33. The van der Waals surface area contributed by atoms with Gasteiger partial charge in [-0.3, -0.25) is 0 Å². The van der Waals surface area contributed by atoms with E-state index in [2.05, 4.69) is 10.2 Å². The standard InChI is InChI=1S/C19H19ClF3N3O2/c1-28-15-5-3-14(4-6-15)25-8-10-26(11-9-25)18(27)24-13-2-7-17(20)16(12-13)19(21,22)23/h2-7,12H,8-11H2,1H3,(H,24,27). The topological polar surface area (TPSA) is 44.8 Å². The number of nitrogens with one attached hydrogen (secondary N) is 1. The third kappa shape index (κ3) is 4.62. The second-order valence-corrected chi connectivity index (χ2v) is 6.70. The Morgan fingerprint density at radius 2 is 1.71 bits per heavy atom. The normalized spacial score (nSPS) is 14.8. The summed E-state index contributed by atoms with van der Waals surface area (Å²) in [4.78, 5) is 16.1. The van der Waals surface area contributed by atoms with E-state index in [4.69, 9.17) is 16.3 Å². The van der Waals surface area contributed by atoms with Gasteiger partial charge in [0.25, 0.3) is 0 Å². The molecule has 0 atom stereocenters. The molecule has 150 valence electrons. The summed E-state index contributed by atoms with van der Waals surface area (Å²) in [6, 6.07) is 10.5. The van der Waals surface area contributed by atoms with Gasteiger partial charge in [-0.25, -0.2) is 4.79 Å². The third-order valence-corrected chi connectivity index (χ3v) is 4.86. The number of carbonyl (C=O) groups is 1. The Morgan fingerprint density at radius 1 is 1.07 bits per heavy atom. The number of benzene rings is 2. The van der Waals surface area contributed by atoms with Gasteiger partial charge in [-0.1, -0.05) is 11.6 Å². The van der Waals surface area contributed by atoms with Crippen molar-refractivity contribution in [2.75, 3.05) is 43.5 Å². The van der Waals surface area contributed by atoms with Gasteiger partial charge in [0.05, 0.1) is 17.7 Å². The minimum Gasteiger partial charge on any atom is -0.497 e. The number of piperazine rings is 1. The van der Waals surface area contributed by atoms with Gasteiger partial charge in [0.15, 0.2) is 0 Å². The number of anilines is 2. The van der Waals surface area contributed by atoms with Crippen molar-refractivity contribution in [3.63, 3.8) is 0 Å². The van der Waals surface area contributed by atoms with Crippen molar-refractivity contribution in [2.45, 2.75) is 6.18 Å². The number of carbonyl (C=O) groups excluding carboxylic acids is 1. The van der Waals surface area contributed by atoms with Crippen LogP contribution in [0.5, 0.6) is 5.75 Å². The lowest BCUT2D eigenvalue weighted by molar-refractivity contribution is -0.137. The van der Waals surface area contributed by atoms with Gasteiger partial charge in [-0.15, -0.1) is 0 Å². The first-order valence-corrected chi connectivity index (χ1v) is 8.97. The van der Waals surface area contributed by atoms with Gasteiger partial charge in [0.2, 0.25) is 0 Å². The largest absolute Gasteiger partial charge is 0.497 e. The summed E-state index contributed by atoms with van der Waals surface area (Å²) in [6.45, 7) is 2.15. The number of alkyl halides is 3. The fourth-order valence-corrected chi connectivity index (χ4v) is 3.21. The molecule has 1 heterocycles. The van der Waals surface area contributed by atoms with E-state index in [0.29, 0.717) is 26.2 Å². The van der Waals surface area contributed by atoms with Crippen molar-refractivity contribution < 1.29 is 22.7 Å². The molecule has 28 heavy (non-hydrogen) atoms. The van der Waals surface area contributed by atoms with Crippen molar-refractivity contribution in [3.05, 3.63) is 53.1 Å². The second-order valence-electron chi connectivity index (χ2n) is 6.29. The van der Waals surface area contributed by atoms with Crippen LogP contribution in [0.4, 0.5) is 29.3 Å². The third-order valence-electron chi connectivity index (χ3n) is 4.53. The molecule has 0 aromatic heterocycles. The number of ether oxygens (including phenoxy) is 1. The monoisotopic (exact) mass is 413 g/mol. The smallest absolute Gasteiger partial charge is 0.417 e. The fraction of sp³-hybridized carbons (Fsp3) is 0.316. The maximum absolute atomic E-state index is 13.0. The number of amides is 2. The second kappa shape index (κ2) is 8.18. The quantitative estimate of drug-likeness (QED) is 0.791. The highest BCUT2D eigenvalue weighted by atomic mass is 35.5. The lowest BCUT2D eigenvalue weighted by atomic mass is 10.2. The maximum Gasteiger partial charge on any atom is 0.417 e. The first-order valence-electron chi connectivity index (χ1n) is 8.59. The van der Waals surface area contributed by atoms with E-state index < -0.39 is 22.8 Å². The Hall–Kier alpha value is -2.61. The summed E-state index contributed by atoms with van der Waals surface area (Å²) >= 11 is 5.60. The fourth-order valence-electron chi connectivity index (χ4n) is 2.98. The van der Waals surface area contributed by atoms with E-state index in [1.54, 1.807) is 12.0 Å². The Bertz CT molecular complexity index is 835. The molecule has 2 amide bonds. The summed E-state index contributed by atoms with van der Waals surface area (Å²) in [6.07, 6.45) is -4.58. The number of halogens is 4. The average Bonchev–Trinajstić information content (AvgIpc) is 2.69. The summed E-state index contributed by atoms with van der Waals surface area (Å²) in [5.41, 5.74) is 0.101. The molecule has 3 rings (SSSR count). The molecule has 1 fully saturated rings. The van der Waals surface area contributed by atoms with E-state index in [-0.39, 0.29) is 5.69 Å². The molecular weight excluding hydrogens is 395 g/mol. The zero-order valence-corrected chi connectivity index (χ0v) is 15.8. The van der Waals surface area contributed by atoms with Crippen LogP contribution in [0.15, 0.2) is 42.5 Å². The van der Waals surface area contributed by atoms with Crippen molar-refractivity contribution >= 4 is 29.0 Å². The van der Waals surface area contributed by atoms with Crippen LogP contribution in [0.2, 0.25) is 5.02 Å². The lowest BCUT2D eigenvalue weighted by Gasteiger charge is -2.36. The summed E-state index contributed by atoms with van der Waals surface area (Å²) < 4.78 is 44.0. The van der Waals surface area contributed by atoms with Crippen LogP contribution in [0.3, 0.4) is 0 Å². The number of nitrogens with zero attached hydrogens (tertiary/aromatic N) is 2. The molecule has 0 aliphatic carbocycles. The maximum atomic E-state index is 13.0. The van der Waals surface area contributed by atoms with Crippen molar-refractivity contribution in [2.24, 2.45) is 0 Å². The molecule has 0 saturated carbocycles. The highest BCUT2D eigenvalue weighted by Crippen LogP contribution is 2.36. The van der Waals surface area contributed by atoms with Crippen molar-refractivity contribution in [3.8, 4) is 5.75 Å². The molecule has 1 saturated heterocycles. The molecule has 0 bridgehead atoms. The van der Waals surface area contributed by atoms with Gasteiger partial charge in [-0.2, -0.15) is 13.2 Å². The van der Waals surface area contributed by atoms with Crippen LogP contribution >= 0.6 is 11.6 Å². The van der Waals surface area contributed by atoms with Crippen LogP contribution in [0.25, 0.3) is 0 Å². The van der Waals surface area contributed by atoms with Crippen LogP contribution in [-0.4, -0.2) is 44.2 Å². The molecule has 0 spiro atoms. The number of hydrogen-bond donors (Lipinski definition) is 1. The van der Waals surface area contributed by atoms with Gasteiger partial charge < -0.3 is 19.9 Å². The zero-order valence-electron chi connectivity index (χ0n) is 15.1. The SMILES string of the molecule is COc1ccc(N2CCN(C(=O)Nc3ccc(Cl)c(C(F)(F)F)c3)CC2)cc1. The van der Waals surface area contributed by atoms with E-state index in [9.17, 15) is 18.0 Å². The van der Waals surface area contributed by atoms with E-state index in [1.807, 2.05) is 24.3 Å². The Morgan fingerprint density at radius 3 is 2.29 bits per heavy atom. The van der Waals surface area contributed by atoms with Gasteiger partial charge >= 0.3 is 12.2 Å². The molecule has 1 aliphatic rings. The van der Waals surface area contributed by atoms with E-state index in [1.165, 1.54) is 6.07 Å². The zero-order chi connectivity index (χ0) is 20.3. The molecule has 9 heteroatoms. The molecule has 1 N–H and O–H groups in total. The number of hydrogen-bond acceptors (Lipinski definition) is 3. The summed E-state index contributed by atoms with van der Waals surface area (Å²) in [7, 11) is 1.60. The first kappa shape index (κ1) is 20.1. The van der Waals surface area contributed by atoms with E-state index in [0.717, 1.165) is 23.6 Å². The molecule has 5 nitrogen and oxygen atoms in total. The molecular formula is C19H19ClF3N3O2. The Labute approximate surface area is 165 Å². The molecule has 1 aliphatic heterocycles. The van der Waals surface area contributed by atoms with Crippen LogP contribution in [0, 0.1) is 0 Å². The number of urea groups is 1. The lowest BCUT2D eigenvalue weighted by Crippen LogP contribution is -2.50. The summed E-state index contributed by atoms with van der Waals surface area (Å²) in [5, 5.41) is 2.11. The van der Waals surface area contributed by atoms with Crippen LogP contribution < -0.4 is 15.0 Å². The van der Waals surface area contributed by atoms with Crippen LogP contribution in [-0.2, 0) is 6.18 Å². The van der Waals surface area contributed by atoms with E-state index >= 15 is 0 Å². The molecule has 2 aromatic rings. The minimum absolute atomic E-state index is 0.0549. The first-order chi connectivity index (χ1) is 13.3. The molecule has 2 aromatic carbocycles. The highest BCUT2D eigenvalue weighted by molar-refractivity contribution is 6.31. The van der Waals surface area contributed by atoms with Gasteiger partial charge in [-0.05, 0) is 42.5 Å². The number of rotatable bonds is 3.